The number of aryl methyl sites for hydroxylation is 1. The number of benzene rings is 2. The summed E-state index contributed by atoms with van der Waals surface area (Å²) in [5, 5.41) is 3.54. The van der Waals surface area contributed by atoms with Crippen LogP contribution in [0.15, 0.2) is 42.5 Å². The third-order valence-corrected chi connectivity index (χ3v) is 3.59. The molecule has 104 valence electrons. The van der Waals surface area contributed by atoms with Gasteiger partial charge in [-0.2, -0.15) is 0 Å². The minimum absolute atomic E-state index is 0.269. The van der Waals surface area contributed by atoms with Crippen molar-refractivity contribution in [3.05, 3.63) is 59.2 Å². The molecule has 1 aliphatic rings. The van der Waals surface area contributed by atoms with Crippen molar-refractivity contribution < 1.29 is 9.47 Å². The predicted octanol–water partition coefficient (Wildman–Crippen LogP) is 3.57. The summed E-state index contributed by atoms with van der Waals surface area (Å²) in [4.78, 5) is 0. The molecule has 1 aliphatic heterocycles. The van der Waals surface area contributed by atoms with Gasteiger partial charge in [-0.05, 0) is 37.1 Å². The molecule has 0 saturated heterocycles. The van der Waals surface area contributed by atoms with E-state index in [9.17, 15) is 0 Å². The Labute approximate surface area is 119 Å². The zero-order valence-electron chi connectivity index (χ0n) is 11.8. The van der Waals surface area contributed by atoms with E-state index in [2.05, 4.69) is 55.6 Å². The minimum Gasteiger partial charge on any atom is -0.454 e. The number of ether oxygens (including phenoxy) is 2. The van der Waals surface area contributed by atoms with Gasteiger partial charge in [0.15, 0.2) is 11.5 Å². The number of fused-ring (bicyclic) bond motifs is 1. The van der Waals surface area contributed by atoms with Gasteiger partial charge in [0.25, 0.3) is 0 Å². The molecular weight excluding hydrogens is 250 g/mol. The molecule has 0 spiro atoms. The average Bonchev–Trinajstić information content (AvgIpc) is 2.92. The van der Waals surface area contributed by atoms with Gasteiger partial charge in [0, 0.05) is 12.6 Å². The Balaban J connectivity index is 1.66. The monoisotopic (exact) mass is 269 g/mol. The molecule has 1 N–H and O–H groups in total. The molecular formula is C17H19NO2. The van der Waals surface area contributed by atoms with Gasteiger partial charge < -0.3 is 14.8 Å². The second-order valence-corrected chi connectivity index (χ2v) is 5.20. The highest BCUT2D eigenvalue weighted by molar-refractivity contribution is 5.45. The van der Waals surface area contributed by atoms with E-state index in [1.807, 2.05) is 6.07 Å². The molecule has 3 heteroatoms. The summed E-state index contributed by atoms with van der Waals surface area (Å²) in [7, 11) is 0. The molecule has 0 bridgehead atoms. The molecule has 3 rings (SSSR count). The lowest BCUT2D eigenvalue weighted by atomic mass is 10.1. The Hall–Kier alpha value is -2.00. The Kier molecular flexibility index (Phi) is 3.61. The first kappa shape index (κ1) is 13.0. The molecule has 0 aliphatic carbocycles. The maximum atomic E-state index is 5.42. The van der Waals surface area contributed by atoms with Crippen molar-refractivity contribution in [1.82, 2.24) is 5.32 Å². The van der Waals surface area contributed by atoms with Gasteiger partial charge in [-0.3, -0.25) is 0 Å². The second kappa shape index (κ2) is 5.55. The van der Waals surface area contributed by atoms with Crippen molar-refractivity contribution >= 4 is 0 Å². The summed E-state index contributed by atoms with van der Waals surface area (Å²) in [6.45, 7) is 5.46. The van der Waals surface area contributed by atoms with Crippen molar-refractivity contribution in [1.29, 1.82) is 0 Å². The molecule has 2 aromatic carbocycles. The Morgan fingerprint density at radius 2 is 1.95 bits per heavy atom. The number of hydrogen-bond donors (Lipinski definition) is 1. The van der Waals surface area contributed by atoms with Crippen LogP contribution < -0.4 is 14.8 Å². The summed E-state index contributed by atoms with van der Waals surface area (Å²) in [5.74, 6) is 1.67. The first-order valence-corrected chi connectivity index (χ1v) is 6.91. The molecule has 1 atom stereocenters. The van der Waals surface area contributed by atoms with Gasteiger partial charge in [-0.25, -0.2) is 0 Å². The van der Waals surface area contributed by atoms with Crippen LogP contribution in [0.2, 0.25) is 0 Å². The largest absolute Gasteiger partial charge is 0.454 e. The highest BCUT2D eigenvalue weighted by Gasteiger charge is 2.15. The first-order valence-electron chi connectivity index (χ1n) is 6.91. The fraction of sp³-hybridized carbons (Fsp3) is 0.294. The van der Waals surface area contributed by atoms with Crippen LogP contribution in [0.1, 0.15) is 29.7 Å². The van der Waals surface area contributed by atoms with Crippen LogP contribution in [0, 0.1) is 6.92 Å². The quantitative estimate of drug-likeness (QED) is 0.920. The topological polar surface area (TPSA) is 30.5 Å². The summed E-state index contributed by atoms with van der Waals surface area (Å²) in [6, 6.07) is 14.9. The zero-order valence-corrected chi connectivity index (χ0v) is 11.8. The van der Waals surface area contributed by atoms with Crippen molar-refractivity contribution in [2.45, 2.75) is 26.4 Å². The maximum absolute atomic E-state index is 5.42. The standard InChI is InChI=1S/C17H19NO2/c1-12-4-3-5-14(8-12)10-18-13(2)15-6-7-16-17(9-15)20-11-19-16/h3-9,13,18H,10-11H2,1-2H3. The lowest BCUT2D eigenvalue weighted by molar-refractivity contribution is 0.174. The van der Waals surface area contributed by atoms with Gasteiger partial charge in [0.1, 0.15) is 0 Å². The van der Waals surface area contributed by atoms with Gasteiger partial charge in [-0.15, -0.1) is 0 Å². The summed E-state index contributed by atoms with van der Waals surface area (Å²) >= 11 is 0. The summed E-state index contributed by atoms with van der Waals surface area (Å²) < 4.78 is 10.8. The molecule has 3 nitrogen and oxygen atoms in total. The van der Waals surface area contributed by atoms with Gasteiger partial charge in [-0.1, -0.05) is 35.9 Å². The molecule has 1 heterocycles. The lowest BCUT2D eigenvalue weighted by Crippen LogP contribution is -2.18. The van der Waals surface area contributed by atoms with E-state index < -0.39 is 0 Å². The fourth-order valence-electron chi connectivity index (χ4n) is 2.39. The number of rotatable bonds is 4. The van der Waals surface area contributed by atoms with E-state index in [0.29, 0.717) is 6.79 Å². The van der Waals surface area contributed by atoms with Crippen LogP contribution >= 0.6 is 0 Å². The zero-order chi connectivity index (χ0) is 13.9. The SMILES string of the molecule is Cc1cccc(CNC(C)c2ccc3c(c2)OCO3)c1. The van der Waals surface area contributed by atoms with Crippen molar-refractivity contribution in [2.75, 3.05) is 6.79 Å². The highest BCUT2D eigenvalue weighted by atomic mass is 16.7. The maximum Gasteiger partial charge on any atom is 0.231 e. The molecule has 0 saturated carbocycles. The molecule has 0 amide bonds. The van der Waals surface area contributed by atoms with Crippen LogP contribution in [0.25, 0.3) is 0 Å². The van der Waals surface area contributed by atoms with E-state index in [0.717, 1.165) is 18.0 Å². The third-order valence-electron chi connectivity index (χ3n) is 3.59. The molecule has 0 fully saturated rings. The van der Waals surface area contributed by atoms with Crippen LogP contribution in [-0.2, 0) is 6.54 Å². The molecule has 2 aromatic rings. The Bertz CT molecular complexity index is 610. The van der Waals surface area contributed by atoms with Crippen LogP contribution in [-0.4, -0.2) is 6.79 Å². The van der Waals surface area contributed by atoms with Gasteiger partial charge in [0.2, 0.25) is 6.79 Å². The molecule has 20 heavy (non-hydrogen) atoms. The van der Waals surface area contributed by atoms with E-state index in [1.165, 1.54) is 16.7 Å². The highest BCUT2D eigenvalue weighted by Crippen LogP contribution is 2.34. The molecule has 0 aromatic heterocycles. The molecule has 0 radical (unpaired) electrons. The van der Waals surface area contributed by atoms with E-state index >= 15 is 0 Å². The van der Waals surface area contributed by atoms with Gasteiger partial charge >= 0.3 is 0 Å². The average molecular weight is 269 g/mol. The smallest absolute Gasteiger partial charge is 0.231 e. The first-order chi connectivity index (χ1) is 9.72. The van der Waals surface area contributed by atoms with Crippen molar-refractivity contribution in [3.63, 3.8) is 0 Å². The summed E-state index contributed by atoms with van der Waals surface area (Å²) in [6.07, 6.45) is 0. The van der Waals surface area contributed by atoms with E-state index in [-0.39, 0.29) is 6.04 Å². The Morgan fingerprint density at radius 3 is 2.80 bits per heavy atom. The normalized spacial score (nSPS) is 14.3. The van der Waals surface area contributed by atoms with Crippen LogP contribution in [0.4, 0.5) is 0 Å². The second-order valence-electron chi connectivity index (χ2n) is 5.20. The van der Waals surface area contributed by atoms with Crippen LogP contribution in [0.3, 0.4) is 0 Å². The van der Waals surface area contributed by atoms with Crippen LogP contribution in [0.5, 0.6) is 11.5 Å². The van der Waals surface area contributed by atoms with Crippen molar-refractivity contribution in [2.24, 2.45) is 0 Å². The fourth-order valence-corrected chi connectivity index (χ4v) is 2.39. The van der Waals surface area contributed by atoms with Gasteiger partial charge in [0.05, 0.1) is 0 Å². The lowest BCUT2D eigenvalue weighted by Gasteiger charge is -2.15. The minimum atomic E-state index is 0.269. The summed E-state index contributed by atoms with van der Waals surface area (Å²) in [5.41, 5.74) is 3.81. The molecule has 1 unspecified atom stereocenters. The number of nitrogens with one attached hydrogen (secondary N) is 1. The van der Waals surface area contributed by atoms with E-state index in [1.54, 1.807) is 0 Å². The Morgan fingerprint density at radius 1 is 1.10 bits per heavy atom. The van der Waals surface area contributed by atoms with E-state index in [4.69, 9.17) is 9.47 Å². The number of hydrogen-bond acceptors (Lipinski definition) is 3. The van der Waals surface area contributed by atoms with Crippen molar-refractivity contribution in [3.8, 4) is 11.5 Å². The third kappa shape index (κ3) is 2.78. The predicted molar refractivity (Wildman–Crippen MR) is 79.0 cm³/mol.